The zero-order valence-corrected chi connectivity index (χ0v) is 12.1. The lowest BCUT2D eigenvalue weighted by Crippen LogP contribution is -2.12. The van der Waals surface area contributed by atoms with Crippen molar-refractivity contribution in [2.75, 3.05) is 17.2 Å². The second kappa shape index (κ2) is 7.98. The minimum atomic E-state index is 0.00746. The van der Waals surface area contributed by atoms with Crippen LogP contribution < -0.4 is 10.6 Å². The molecule has 0 aliphatic heterocycles. The maximum atomic E-state index is 11.7. The monoisotopic (exact) mass is 288 g/mol. The summed E-state index contributed by atoms with van der Waals surface area (Å²) in [6.45, 7) is 0.811. The van der Waals surface area contributed by atoms with Crippen molar-refractivity contribution in [2.45, 2.75) is 25.7 Å². The second-order valence-corrected chi connectivity index (χ2v) is 4.73. The molecule has 0 fully saturated rings. The van der Waals surface area contributed by atoms with Crippen molar-refractivity contribution in [3.63, 3.8) is 0 Å². The van der Waals surface area contributed by atoms with Crippen LogP contribution in [0.1, 0.15) is 25.7 Å². The number of unbranched alkanes of at least 4 members (excludes halogenated alkanes) is 2. The predicted octanol–water partition coefficient (Wildman–Crippen LogP) is 1.82. The summed E-state index contributed by atoms with van der Waals surface area (Å²) in [6.07, 6.45) is 8.54. The molecule has 0 aliphatic rings. The van der Waals surface area contributed by atoms with Crippen molar-refractivity contribution in [1.82, 2.24) is 19.7 Å². The summed E-state index contributed by atoms with van der Waals surface area (Å²) >= 11 is 0. The van der Waals surface area contributed by atoms with Crippen LogP contribution in [0.5, 0.6) is 0 Å². The normalized spacial score (nSPS) is 10.3. The molecule has 2 rings (SSSR count). The number of carbonyl (C=O) groups is 1. The lowest BCUT2D eigenvalue weighted by Gasteiger charge is -2.04. The van der Waals surface area contributed by atoms with E-state index in [4.69, 9.17) is 0 Å². The molecule has 0 spiro atoms. The third-order valence-electron chi connectivity index (χ3n) is 2.91. The van der Waals surface area contributed by atoms with Gasteiger partial charge in [-0.1, -0.05) is 6.42 Å². The van der Waals surface area contributed by atoms with E-state index in [1.807, 2.05) is 7.05 Å². The van der Waals surface area contributed by atoms with E-state index < -0.39 is 0 Å². The van der Waals surface area contributed by atoms with Crippen molar-refractivity contribution < 1.29 is 4.79 Å². The Morgan fingerprint density at radius 2 is 2.05 bits per heavy atom. The van der Waals surface area contributed by atoms with Crippen LogP contribution in [0, 0.1) is 0 Å². The highest BCUT2D eigenvalue weighted by molar-refractivity contribution is 5.89. The molecule has 2 N–H and O–H groups in total. The average Bonchev–Trinajstić information content (AvgIpc) is 2.89. The van der Waals surface area contributed by atoms with Gasteiger partial charge in [0.25, 0.3) is 0 Å². The molecule has 0 radical (unpaired) electrons. The van der Waals surface area contributed by atoms with Crippen molar-refractivity contribution in [1.29, 1.82) is 0 Å². The quantitative estimate of drug-likeness (QED) is 0.724. The number of hydrogen-bond acceptors (Lipinski definition) is 5. The second-order valence-electron chi connectivity index (χ2n) is 4.73. The molecular weight excluding hydrogens is 268 g/mol. The molecule has 1 amide bonds. The predicted molar refractivity (Wildman–Crippen MR) is 80.8 cm³/mol. The van der Waals surface area contributed by atoms with E-state index >= 15 is 0 Å². The highest BCUT2D eigenvalue weighted by atomic mass is 16.1. The Kier molecular flexibility index (Phi) is 5.69. The molecule has 21 heavy (non-hydrogen) atoms. The standard InChI is InChI=1S/C14H20N6O/c1-20-11-7-12(19-20)18-13(21)6-3-2-4-8-15-14-16-9-5-10-17-14/h5,7,9-11H,2-4,6,8H2,1H3,(H,15,16,17)(H,18,19,21). The number of aryl methyl sites for hydroxylation is 1. The van der Waals surface area contributed by atoms with Crippen LogP contribution in [-0.4, -0.2) is 32.2 Å². The number of hydrogen-bond donors (Lipinski definition) is 2. The van der Waals surface area contributed by atoms with E-state index in [-0.39, 0.29) is 5.91 Å². The first-order valence-electron chi connectivity index (χ1n) is 7.04. The summed E-state index contributed by atoms with van der Waals surface area (Å²) in [5.74, 6) is 1.25. The number of nitrogens with one attached hydrogen (secondary N) is 2. The minimum Gasteiger partial charge on any atom is -0.354 e. The minimum absolute atomic E-state index is 0.00746. The van der Waals surface area contributed by atoms with Gasteiger partial charge in [0.2, 0.25) is 11.9 Å². The Morgan fingerprint density at radius 1 is 1.24 bits per heavy atom. The first-order chi connectivity index (χ1) is 10.2. The van der Waals surface area contributed by atoms with Gasteiger partial charge >= 0.3 is 0 Å². The Morgan fingerprint density at radius 3 is 2.76 bits per heavy atom. The maximum Gasteiger partial charge on any atom is 0.225 e. The van der Waals surface area contributed by atoms with Gasteiger partial charge in [-0.3, -0.25) is 9.48 Å². The summed E-state index contributed by atoms with van der Waals surface area (Å²) in [6, 6.07) is 3.56. The summed E-state index contributed by atoms with van der Waals surface area (Å²) in [5, 5.41) is 10.0. The molecule has 2 aromatic heterocycles. The van der Waals surface area contributed by atoms with Gasteiger partial charge in [0.1, 0.15) is 0 Å². The summed E-state index contributed by atoms with van der Waals surface area (Å²) in [7, 11) is 1.82. The van der Waals surface area contributed by atoms with E-state index in [0.29, 0.717) is 18.2 Å². The average molecular weight is 288 g/mol. The van der Waals surface area contributed by atoms with Crippen LogP contribution in [0.4, 0.5) is 11.8 Å². The van der Waals surface area contributed by atoms with Gasteiger partial charge in [-0.15, -0.1) is 0 Å². The van der Waals surface area contributed by atoms with E-state index in [2.05, 4.69) is 25.7 Å². The van der Waals surface area contributed by atoms with Gasteiger partial charge in [-0.25, -0.2) is 9.97 Å². The van der Waals surface area contributed by atoms with E-state index in [0.717, 1.165) is 25.8 Å². The lowest BCUT2D eigenvalue weighted by atomic mass is 10.2. The van der Waals surface area contributed by atoms with E-state index in [1.165, 1.54) is 0 Å². The zero-order valence-electron chi connectivity index (χ0n) is 12.1. The molecule has 0 unspecified atom stereocenters. The molecule has 7 heteroatoms. The fourth-order valence-electron chi connectivity index (χ4n) is 1.86. The van der Waals surface area contributed by atoms with Crippen LogP contribution in [0.25, 0.3) is 0 Å². The van der Waals surface area contributed by atoms with Gasteiger partial charge in [-0.05, 0) is 18.9 Å². The molecule has 2 aromatic rings. The number of nitrogens with zero attached hydrogens (tertiary/aromatic N) is 4. The Bertz CT molecular complexity index is 554. The molecule has 0 saturated heterocycles. The molecule has 112 valence electrons. The third-order valence-corrected chi connectivity index (χ3v) is 2.91. The van der Waals surface area contributed by atoms with Gasteiger partial charge in [0, 0.05) is 44.7 Å². The van der Waals surface area contributed by atoms with Gasteiger partial charge in [0.05, 0.1) is 0 Å². The Labute approximate surface area is 123 Å². The van der Waals surface area contributed by atoms with Crippen molar-refractivity contribution in [3.05, 3.63) is 30.7 Å². The number of carbonyl (C=O) groups excluding carboxylic acids is 1. The summed E-state index contributed by atoms with van der Waals surface area (Å²) in [5.41, 5.74) is 0. The van der Waals surface area contributed by atoms with Crippen LogP contribution in [0.2, 0.25) is 0 Å². The molecule has 0 bridgehead atoms. The highest BCUT2D eigenvalue weighted by Crippen LogP contribution is 2.05. The van der Waals surface area contributed by atoms with Crippen LogP contribution >= 0.6 is 0 Å². The van der Waals surface area contributed by atoms with Crippen LogP contribution in [0.15, 0.2) is 30.7 Å². The molecule has 2 heterocycles. The maximum absolute atomic E-state index is 11.7. The molecule has 0 aliphatic carbocycles. The van der Waals surface area contributed by atoms with Crippen molar-refractivity contribution >= 4 is 17.7 Å². The van der Waals surface area contributed by atoms with Crippen molar-refractivity contribution in [3.8, 4) is 0 Å². The molecule has 0 aromatic carbocycles. The number of rotatable bonds is 8. The number of amides is 1. The van der Waals surface area contributed by atoms with Crippen LogP contribution in [-0.2, 0) is 11.8 Å². The topological polar surface area (TPSA) is 84.7 Å². The largest absolute Gasteiger partial charge is 0.354 e. The molecule has 7 nitrogen and oxygen atoms in total. The summed E-state index contributed by atoms with van der Waals surface area (Å²) in [4.78, 5) is 19.8. The summed E-state index contributed by atoms with van der Waals surface area (Å²) < 4.78 is 1.66. The molecule has 0 saturated carbocycles. The van der Waals surface area contributed by atoms with Gasteiger partial charge < -0.3 is 10.6 Å². The van der Waals surface area contributed by atoms with E-state index in [9.17, 15) is 4.79 Å². The molecule has 0 atom stereocenters. The Hall–Kier alpha value is -2.44. The fourth-order valence-corrected chi connectivity index (χ4v) is 1.86. The first-order valence-corrected chi connectivity index (χ1v) is 7.04. The van der Waals surface area contributed by atoms with E-state index in [1.54, 1.807) is 35.4 Å². The molecular formula is C14H20N6O. The lowest BCUT2D eigenvalue weighted by molar-refractivity contribution is -0.116. The highest BCUT2D eigenvalue weighted by Gasteiger charge is 2.04. The fraction of sp³-hybridized carbons (Fsp3) is 0.429. The SMILES string of the molecule is Cn1ccc(NC(=O)CCCCCNc2ncccn2)n1. The smallest absolute Gasteiger partial charge is 0.225 e. The van der Waals surface area contributed by atoms with Crippen molar-refractivity contribution in [2.24, 2.45) is 7.05 Å². The van der Waals surface area contributed by atoms with Gasteiger partial charge in [0.15, 0.2) is 5.82 Å². The number of anilines is 2. The van der Waals surface area contributed by atoms with Gasteiger partial charge in [-0.2, -0.15) is 5.10 Å². The zero-order chi connectivity index (χ0) is 14.9. The first kappa shape index (κ1) is 15.0. The third kappa shape index (κ3) is 5.60. The number of aromatic nitrogens is 4. The van der Waals surface area contributed by atoms with Crippen LogP contribution in [0.3, 0.4) is 0 Å². The Balaban J connectivity index is 1.52.